The molecule has 0 aliphatic heterocycles. The van der Waals surface area contributed by atoms with Crippen molar-refractivity contribution in [1.29, 1.82) is 0 Å². The Labute approximate surface area is 192 Å². The molecule has 0 radical (unpaired) electrons. The van der Waals surface area contributed by atoms with E-state index in [1.54, 1.807) is 44.4 Å². The molecule has 0 bridgehead atoms. The first-order chi connectivity index (χ1) is 14.6. The summed E-state index contributed by atoms with van der Waals surface area (Å²) in [6.45, 7) is 4.23. The number of nitrogens with zero attached hydrogens (tertiary/aromatic N) is 1. The minimum Gasteiger partial charge on any atom is -0.350 e. The van der Waals surface area contributed by atoms with E-state index < -0.39 is 11.9 Å². The molecule has 0 spiro atoms. The van der Waals surface area contributed by atoms with E-state index in [1.165, 1.54) is 17.0 Å². The van der Waals surface area contributed by atoms with Gasteiger partial charge in [-0.15, -0.1) is 0 Å². The number of hydrogen-bond acceptors (Lipinski definition) is 3. The Morgan fingerprint density at radius 1 is 1.00 bits per heavy atom. The molecule has 8 heteroatoms. The van der Waals surface area contributed by atoms with E-state index in [-0.39, 0.29) is 34.9 Å². The summed E-state index contributed by atoms with van der Waals surface area (Å²) in [7, 11) is 3.38. The quantitative estimate of drug-likeness (QED) is 0.616. The molecule has 166 valence electrons. The van der Waals surface area contributed by atoms with Gasteiger partial charge in [0.25, 0.3) is 11.8 Å². The van der Waals surface area contributed by atoms with Crippen LogP contribution in [0.5, 0.6) is 0 Å². The molecular weight excluding hydrogens is 437 g/mol. The topological polar surface area (TPSA) is 78.5 Å². The van der Waals surface area contributed by atoms with E-state index in [9.17, 15) is 14.4 Å². The monoisotopic (exact) mass is 463 g/mol. The molecule has 31 heavy (non-hydrogen) atoms. The summed E-state index contributed by atoms with van der Waals surface area (Å²) in [5, 5.41) is 6.27. The highest BCUT2D eigenvalue weighted by molar-refractivity contribution is 6.36. The number of nitrogens with one attached hydrogen (secondary N) is 2. The summed E-state index contributed by atoms with van der Waals surface area (Å²) in [6.07, 6.45) is 0.471. The second-order valence-corrected chi connectivity index (χ2v) is 8.74. The van der Waals surface area contributed by atoms with E-state index in [0.717, 1.165) is 5.56 Å². The van der Waals surface area contributed by atoms with Gasteiger partial charge in [-0.1, -0.05) is 49.2 Å². The van der Waals surface area contributed by atoms with E-state index in [4.69, 9.17) is 23.2 Å². The Bertz CT molecular complexity index is 944. The molecule has 1 unspecified atom stereocenters. The van der Waals surface area contributed by atoms with Crippen LogP contribution in [0.15, 0.2) is 42.5 Å². The molecule has 0 saturated carbocycles. The molecule has 0 saturated heterocycles. The van der Waals surface area contributed by atoms with Crippen molar-refractivity contribution < 1.29 is 14.4 Å². The van der Waals surface area contributed by atoms with Gasteiger partial charge in [-0.3, -0.25) is 14.4 Å². The molecule has 1 atom stereocenters. The molecule has 2 rings (SSSR count). The van der Waals surface area contributed by atoms with Crippen LogP contribution in [0, 0.1) is 5.92 Å². The fraction of sp³-hybridized carbons (Fsp3) is 0.348. The van der Waals surface area contributed by atoms with E-state index >= 15 is 0 Å². The minimum absolute atomic E-state index is 0.0869. The third-order valence-electron chi connectivity index (χ3n) is 4.58. The van der Waals surface area contributed by atoms with Crippen molar-refractivity contribution in [3.63, 3.8) is 0 Å². The zero-order valence-corrected chi connectivity index (χ0v) is 19.6. The summed E-state index contributed by atoms with van der Waals surface area (Å²) >= 11 is 12.0. The van der Waals surface area contributed by atoms with E-state index in [0.29, 0.717) is 17.0 Å². The van der Waals surface area contributed by atoms with Crippen LogP contribution in [0.1, 0.15) is 46.5 Å². The zero-order valence-electron chi connectivity index (χ0n) is 18.0. The van der Waals surface area contributed by atoms with Crippen molar-refractivity contribution in [2.45, 2.75) is 32.9 Å². The van der Waals surface area contributed by atoms with Crippen molar-refractivity contribution in [2.24, 2.45) is 5.92 Å². The Balaban J connectivity index is 2.04. The number of amides is 3. The molecule has 2 aromatic carbocycles. The molecule has 0 aromatic heterocycles. The lowest BCUT2D eigenvalue weighted by atomic mass is 10.0. The summed E-state index contributed by atoms with van der Waals surface area (Å²) in [4.78, 5) is 38.9. The molecular formula is C23H27Cl2N3O3. The average molecular weight is 464 g/mol. The second-order valence-electron chi connectivity index (χ2n) is 7.89. The second kappa shape index (κ2) is 11.2. The number of benzene rings is 2. The van der Waals surface area contributed by atoms with Crippen LogP contribution in [0.25, 0.3) is 0 Å². The van der Waals surface area contributed by atoms with Crippen molar-refractivity contribution in [1.82, 2.24) is 15.5 Å². The summed E-state index contributed by atoms with van der Waals surface area (Å²) in [5.74, 6) is -0.626. The highest BCUT2D eigenvalue weighted by Gasteiger charge is 2.23. The molecule has 6 nitrogen and oxygen atoms in total. The van der Waals surface area contributed by atoms with Crippen LogP contribution in [0.2, 0.25) is 10.0 Å². The first-order valence-corrected chi connectivity index (χ1v) is 10.7. The third-order valence-corrected chi connectivity index (χ3v) is 5.13. The molecule has 3 amide bonds. The first kappa shape index (κ1) is 24.7. The summed E-state index contributed by atoms with van der Waals surface area (Å²) in [5.41, 5.74) is 1.68. The van der Waals surface area contributed by atoms with Crippen LogP contribution in [-0.2, 0) is 11.3 Å². The van der Waals surface area contributed by atoms with Gasteiger partial charge in [-0.05, 0) is 48.2 Å². The van der Waals surface area contributed by atoms with Crippen LogP contribution in [0.3, 0.4) is 0 Å². The summed E-state index contributed by atoms with van der Waals surface area (Å²) < 4.78 is 0. The largest absolute Gasteiger partial charge is 0.350 e. The van der Waals surface area contributed by atoms with Crippen molar-refractivity contribution in [3.05, 3.63) is 69.2 Å². The summed E-state index contributed by atoms with van der Waals surface area (Å²) in [6, 6.07) is 10.9. The predicted octanol–water partition coefficient (Wildman–Crippen LogP) is 4.16. The van der Waals surface area contributed by atoms with Gasteiger partial charge in [0.15, 0.2) is 0 Å². The lowest BCUT2D eigenvalue weighted by Gasteiger charge is -2.20. The molecule has 0 aliphatic carbocycles. The van der Waals surface area contributed by atoms with Crippen molar-refractivity contribution in [3.8, 4) is 0 Å². The number of carbonyl (C=O) groups excluding carboxylic acids is 3. The number of halogens is 2. The van der Waals surface area contributed by atoms with Gasteiger partial charge < -0.3 is 15.5 Å². The lowest BCUT2D eigenvalue weighted by molar-refractivity contribution is -0.123. The van der Waals surface area contributed by atoms with Gasteiger partial charge in [-0.2, -0.15) is 0 Å². The fourth-order valence-electron chi connectivity index (χ4n) is 2.95. The highest BCUT2D eigenvalue weighted by atomic mass is 35.5. The molecule has 0 fully saturated rings. The molecule has 2 N–H and O–H groups in total. The van der Waals surface area contributed by atoms with Crippen LogP contribution >= 0.6 is 23.2 Å². The zero-order chi connectivity index (χ0) is 23.1. The Kier molecular flexibility index (Phi) is 8.89. The van der Waals surface area contributed by atoms with Gasteiger partial charge >= 0.3 is 0 Å². The van der Waals surface area contributed by atoms with Gasteiger partial charge in [-0.25, -0.2) is 0 Å². The molecule has 2 aromatic rings. The van der Waals surface area contributed by atoms with Crippen molar-refractivity contribution in [2.75, 3.05) is 14.1 Å². The Hall–Kier alpha value is -2.57. The SMILES string of the molecule is CC(C)CC(NC(=O)c1ccc(Cl)cc1Cl)C(=O)NCc1ccc(C(=O)N(C)C)cc1. The van der Waals surface area contributed by atoms with Gasteiger partial charge in [0, 0.05) is 31.2 Å². The van der Waals surface area contributed by atoms with Crippen LogP contribution in [0.4, 0.5) is 0 Å². The number of hydrogen-bond donors (Lipinski definition) is 2. The normalized spacial score (nSPS) is 11.7. The molecule has 0 aliphatic rings. The minimum atomic E-state index is -0.714. The van der Waals surface area contributed by atoms with E-state index in [2.05, 4.69) is 10.6 Å². The molecule has 0 heterocycles. The van der Waals surface area contributed by atoms with Crippen molar-refractivity contribution >= 4 is 40.9 Å². The smallest absolute Gasteiger partial charge is 0.253 e. The number of carbonyl (C=O) groups is 3. The number of rotatable bonds is 8. The Morgan fingerprint density at radius 3 is 2.19 bits per heavy atom. The standard InChI is InChI=1S/C23H27Cl2N3O3/c1-14(2)11-20(27-21(29)18-10-9-17(24)12-19(18)25)22(30)26-13-15-5-7-16(8-6-15)23(31)28(3)4/h5-10,12,14,20H,11,13H2,1-4H3,(H,26,30)(H,27,29). The average Bonchev–Trinajstić information content (AvgIpc) is 2.70. The highest BCUT2D eigenvalue weighted by Crippen LogP contribution is 2.21. The maximum Gasteiger partial charge on any atom is 0.253 e. The third kappa shape index (κ3) is 7.26. The first-order valence-electron chi connectivity index (χ1n) is 9.92. The Morgan fingerprint density at radius 2 is 1.65 bits per heavy atom. The maximum absolute atomic E-state index is 12.8. The van der Waals surface area contributed by atoms with Gasteiger partial charge in [0.05, 0.1) is 10.6 Å². The fourth-order valence-corrected chi connectivity index (χ4v) is 3.44. The van der Waals surface area contributed by atoms with Crippen LogP contribution < -0.4 is 10.6 Å². The van der Waals surface area contributed by atoms with E-state index in [1.807, 2.05) is 13.8 Å². The van der Waals surface area contributed by atoms with Gasteiger partial charge in [0.1, 0.15) is 6.04 Å². The van der Waals surface area contributed by atoms with Gasteiger partial charge in [0.2, 0.25) is 5.91 Å². The van der Waals surface area contributed by atoms with Crippen LogP contribution in [-0.4, -0.2) is 42.8 Å². The maximum atomic E-state index is 12.8. The lowest BCUT2D eigenvalue weighted by Crippen LogP contribution is -2.47. The predicted molar refractivity (Wildman–Crippen MR) is 123 cm³/mol.